The Kier molecular flexibility index (Phi) is 28.9. The SMILES string of the molecule is CC/C=C\CC(=O)CC(CC(C)C)C(=O)Oc1cc(C)ccc1C(=O)O.CC/C=C\CC(=O)Cl.Cc1ccc(C(=O)O)c(O)c1.Cc1ccc(C(=O)OC(C)(C)C)c(OC(=O)C(N)CC(C)C)c1.[HH]. The summed E-state index contributed by atoms with van der Waals surface area (Å²) in [5.74, 6) is -4.00. The van der Waals surface area contributed by atoms with Gasteiger partial charge in [-0.1, -0.05) is 84.0 Å². The molecule has 15 heteroatoms. The van der Waals surface area contributed by atoms with E-state index in [1.165, 1.54) is 24.3 Å². The molecular weight excluding hydrogens is 894 g/mol. The Hall–Kier alpha value is -6.12. The molecule has 0 aliphatic heterocycles. The van der Waals surface area contributed by atoms with Crippen LogP contribution >= 0.6 is 11.6 Å². The Labute approximate surface area is 408 Å². The number of hydrogen-bond acceptors (Lipinski definition) is 12. The van der Waals surface area contributed by atoms with E-state index in [0.29, 0.717) is 25.7 Å². The van der Waals surface area contributed by atoms with Crippen LogP contribution in [0.3, 0.4) is 0 Å². The molecule has 5 N–H and O–H groups in total. The van der Waals surface area contributed by atoms with Crippen LogP contribution in [0.1, 0.15) is 156 Å². The number of phenols is 1. The summed E-state index contributed by atoms with van der Waals surface area (Å²) in [5, 5.41) is 26.5. The van der Waals surface area contributed by atoms with Crippen molar-refractivity contribution in [2.45, 2.75) is 140 Å². The zero-order valence-electron chi connectivity index (χ0n) is 41.6. The van der Waals surface area contributed by atoms with E-state index in [9.17, 15) is 38.7 Å². The number of ketones is 1. The van der Waals surface area contributed by atoms with Gasteiger partial charge >= 0.3 is 29.8 Å². The number of halogens is 1. The van der Waals surface area contributed by atoms with E-state index < -0.39 is 47.4 Å². The van der Waals surface area contributed by atoms with Crippen molar-refractivity contribution in [2.24, 2.45) is 23.5 Å². The Morgan fingerprint density at radius 2 is 1.10 bits per heavy atom. The van der Waals surface area contributed by atoms with Gasteiger partial charge in [-0.15, -0.1) is 0 Å². The summed E-state index contributed by atoms with van der Waals surface area (Å²) in [7, 11) is 0. The van der Waals surface area contributed by atoms with Gasteiger partial charge < -0.3 is 35.3 Å². The number of Topliss-reactive ketones (excluding diaryl/α,β-unsaturated/α-hetero) is 1. The fraction of sp³-hybridized carbons (Fsp3) is 0.453. The van der Waals surface area contributed by atoms with Gasteiger partial charge in [0.05, 0.1) is 5.92 Å². The van der Waals surface area contributed by atoms with Crippen molar-refractivity contribution in [1.29, 1.82) is 0 Å². The van der Waals surface area contributed by atoms with Crippen molar-refractivity contribution in [1.82, 2.24) is 0 Å². The molecule has 0 heterocycles. The first-order valence-electron chi connectivity index (χ1n) is 22.5. The van der Waals surface area contributed by atoms with Crippen LogP contribution in [0.25, 0.3) is 0 Å². The van der Waals surface area contributed by atoms with Gasteiger partial charge in [-0.2, -0.15) is 0 Å². The average Bonchev–Trinajstić information content (AvgIpc) is 3.20. The van der Waals surface area contributed by atoms with E-state index in [0.717, 1.165) is 29.5 Å². The Balaban J connectivity index is 0. The maximum Gasteiger partial charge on any atom is 0.342 e. The second kappa shape index (κ2) is 31.8. The lowest BCUT2D eigenvalue weighted by molar-refractivity contribution is -0.141. The number of esters is 3. The quantitative estimate of drug-likeness (QED) is 0.0379. The monoisotopic (exact) mass is 967 g/mol. The van der Waals surface area contributed by atoms with Crippen LogP contribution in [-0.4, -0.2) is 67.8 Å². The summed E-state index contributed by atoms with van der Waals surface area (Å²) in [4.78, 5) is 80.9. The smallest absolute Gasteiger partial charge is 0.342 e. The highest BCUT2D eigenvalue weighted by Crippen LogP contribution is 2.26. The van der Waals surface area contributed by atoms with E-state index in [-0.39, 0.29) is 64.6 Å². The van der Waals surface area contributed by atoms with Gasteiger partial charge in [-0.05, 0) is 144 Å². The van der Waals surface area contributed by atoms with Gasteiger partial charge in [0.15, 0.2) is 0 Å². The average molecular weight is 969 g/mol. The third-order valence-electron chi connectivity index (χ3n) is 8.95. The molecule has 0 bridgehead atoms. The lowest BCUT2D eigenvalue weighted by Gasteiger charge is -2.21. The third kappa shape index (κ3) is 26.9. The third-order valence-corrected chi connectivity index (χ3v) is 9.10. The van der Waals surface area contributed by atoms with E-state index >= 15 is 0 Å². The maximum absolute atomic E-state index is 12.6. The summed E-state index contributed by atoms with van der Waals surface area (Å²) in [5.41, 5.74) is 7.81. The molecule has 0 amide bonds. The fourth-order valence-corrected chi connectivity index (χ4v) is 5.91. The minimum absolute atomic E-state index is 0. The fourth-order valence-electron chi connectivity index (χ4n) is 5.82. The lowest BCUT2D eigenvalue weighted by Crippen LogP contribution is -2.35. The summed E-state index contributed by atoms with van der Waals surface area (Å²) in [6, 6.07) is 13.3. The molecule has 0 saturated carbocycles. The zero-order valence-corrected chi connectivity index (χ0v) is 42.4. The van der Waals surface area contributed by atoms with E-state index in [1.54, 1.807) is 71.0 Å². The molecule has 0 fully saturated rings. The first-order chi connectivity index (χ1) is 31.6. The van der Waals surface area contributed by atoms with Crippen molar-refractivity contribution in [3.63, 3.8) is 0 Å². The number of aromatic hydroxyl groups is 1. The molecule has 0 saturated heterocycles. The predicted molar refractivity (Wildman–Crippen MR) is 267 cm³/mol. The summed E-state index contributed by atoms with van der Waals surface area (Å²) in [6.45, 7) is 22.7. The van der Waals surface area contributed by atoms with Crippen molar-refractivity contribution in [3.05, 3.63) is 112 Å². The van der Waals surface area contributed by atoms with Crippen molar-refractivity contribution in [3.8, 4) is 17.2 Å². The second-order valence-corrected chi connectivity index (χ2v) is 18.2. The predicted octanol–water partition coefficient (Wildman–Crippen LogP) is 11.6. The molecule has 68 heavy (non-hydrogen) atoms. The van der Waals surface area contributed by atoms with Crippen LogP contribution in [-0.2, 0) is 23.9 Å². The van der Waals surface area contributed by atoms with Crippen molar-refractivity contribution >= 4 is 52.5 Å². The number of rotatable bonds is 19. The van der Waals surface area contributed by atoms with Crippen LogP contribution in [0.2, 0.25) is 0 Å². The van der Waals surface area contributed by atoms with E-state index in [2.05, 4.69) is 0 Å². The molecule has 0 radical (unpaired) electrons. The van der Waals surface area contributed by atoms with E-state index in [4.69, 9.17) is 41.8 Å². The van der Waals surface area contributed by atoms with Crippen LogP contribution < -0.4 is 15.2 Å². The highest BCUT2D eigenvalue weighted by Gasteiger charge is 2.27. The lowest BCUT2D eigenvalue weighted by atomic mass is 9.91. The topological polar surface area (TPSA) is 234 Å². The summed E-state index contributed by atoms with van der Waals surface area (Å²) < 4.78 is 16.1. The zero-order chi connectivity index (χ0) is 52.3. The number of aromatic carboxylic acids is 2. The molecule has 0 spiro atoms. The number of aryl methyl sites for hydroxylation is 3. The molecular formula is C53H74ClNO13. The number of hydrogen-bond donors (Lipinski definition) is 4. The van der Waals surface area contributed by atoms with Gasteiger partial charge in [-0.3, -0.25) is 14.4 Å². The van der Waals surface area contributed by atoms with Gasteiger partial charge in [0.2, 0.25) is 5.24 Å². The van der Waals surface area contributed by atoms with E-state index in [1.807, 2.05) is 66.7 Å². The van der Waals surface area contributed by atoms with Crippen LogP contribution in [0.4, 0.5) is 0 Å². The standard InChI is InChI=1S/C21H28O5.C18H27NO4.C8H8O3.C6H9ClO.H2/c1-5-6-7-8-17(22)13-16(11-14(2)3)21(25)26-19-12-15(4)9-10-18(19)20(23)24;1-11(2)9-14(19)17(21)22-15-10-12(3)7-8-13(15)16(20)23-18(4,5)6;1-5-2-3-6(8(10)11)7(9)4-5;1-2-3-4-5-6(7)8;/h6-7,9-10,12,14,16H,5,8,11,13H2,1-4H3,(H,23,24);7-8,10-11,14H,9,19H2,1-6H3;2-4,9H,1H3,(H,10,11);3-4H,2,5H2,1H3;1H/b7-6-;;;4-3-;. The molecule has 0 aliphatic carbocycles. The highest BCUT2D eigenvalue weighted by molar-refractivity contribution is 6.63. The number of benzene rings is 3. The Morgan fingerprint density at radius 3 is 1.54 bits per heavy atom. The number of ether oxygens (including phenoxy) is 3. The molecule has 376 valence electrons. The number of carbonyl (C=O) groups excluding carboxylic acids is 5. The number of carboxylic acids is 2. The summed E-state index contributed by atoms with van der Waals surface area (Å²) in [6.07, 6.45) is 11.0. The number of carboxylic acid groups (broad SMARTS) is 2. The highest BCUT2D eigenvalue weighted by atomic mass is 35.5. The Bertz CT molecular complexity index is 2210. The number of allylic oxidation sites excluding steroid dienone is 4. The summed E-state index contributed by atoms with van der Waals surface area (Å²) >= 11 is 5.02. The largest absolute Gasteiger partial charge is 0.507 e. The molecule has 14 nitrogen and oxygen atoms in total. The van der Waals surface area contributed by atoms with Gasteiger partial charge in [-0.25, -0.2) is 19.2 Å². The second-order valence-electron chi connectivity index (χ2n) is 17.8. The van der Waals surface area contributed by atoms with Crippen molar-refractivity contribution < 1.29 is 64.5 Å². The minimum atomic E-state index is -1.16. The van der Waals surface area contributed by atoms with Gasteiger partial charge in [0, 0.05) is 20.7 Å². The molecule has 3 aromatic rings. The minimum Gasteiger partial charge on any atom is -0.507 e. The first-order valence-corrected chi connectivity index (χ1v) is 22.9. The molecule has 3 aromatic carbocycles. The number of carbonyl (C=O) groups is 7. The molecule has 0 aromatic heterocycles. The van der Waals surface area contributed by atoms with Crippen LogP contribution in [0.5, 0.6) is 17.2 Å². The van der Waals surface area contributed by atoms with Crippen molar-refractivity contribution in [2.75, 3.05) is 0 Å². The first kappa shape index (κ1) is 61.9. The molecule has 2 atom stereocenters. The van der Waals surface area contributed by atoms with Crippen LogP contribution in [0.15, 0.2) is 78.9 Å². The van der Waals surface area contributed by atoms with Gasteiger partial charge in [0.1, 0.15) is 51.4 Å². The Morgan fingerprint density at radius 1 is 0.662 bits per heavy atom. The molecule has 0 aliphatic rings. The number of nitrogens with two attached hydrogens (primary N) is 1. The molecule has 2 unspecified atom stereocenters. The maximum atomic E-state index is 12.6. The van der Waals surface area contributed by atoms with Crippen LogP contribution in [0, 0.1) is 38.5 Å². The molecule has 3 rings (SSSR count). The normalized spacial score (nSPS) is 11.8. The van der Waals surface area contributed by atoms with Gasteiger partial charge in [0.25, 0.3) is 0 Å².